The van der Waals surface area contributed by atoms with E-state index in [1.165, 1.54) is 10.6 Å². The lowest BCUT2D eigenvalue weighted by Crippen LogP contribution is -2.19. The van der Waals surface area contributed by atoms with Gasteiger partial charge in [-0.2, -0.15) is 11.8 Å². The molecule has 0 amide bonds. The van der Waals surface area contributed by atoms with Crippen molar-refractivity contribution in [2.45, 2.75) is 39.0 Å². The van der Waals surface area contributed by atoms with Crippen molar-refractivity contribution in [1.29, 1.82) is 0 Å². The Hall–Kier alpha value is -0.0600. The van der Waals surface area contributed by atoms with Crippen LogP contribution in [0.15, 0.2) is 6.20 Å². The van der Waals surface area contributed by atoms with Crippen LogP contribution in [0, 0.1) is 6.92 Å². The molecule has 1 rings (SSSR count). The molecule has 0 saturated heterocycles. The van der Waals surface area contributed by atoms with Crippen molar-refractivity contribution < 1.29 is 0 Å². The molecule has 0 aliphatic heterocycles. The Morgan fingerprint density at radius 1 is 1.47 bits per heavy atom. The van der Waals surface area contributed by atoms with E-state index >= 15 is 0 Å². The van der Waals surface area contributed by atoms with Crippen LogP contribution in [0.3, 0.4) is 0 Å². The quantitative estimate of drug-likeness (QED) is 0.806. The van der Waals surface area contributed by atoms with Gasteiger partial charge in [-0.3, -0.25) is 0 Å². The average Bonchev–Trinajstić information content (AvgIpc) is 2.49. The Balaban J connectivity index is 2.07. The van der Waals surface area contributed by atoms with E-state index in [2.05, 4.69) is 31.1 Å². The lowest BCUT2D eigenvalue weighted by atomic mass is 10.3. The summed E-state index contributed by atoms with van der Waals surface area (Å²) in [6.07, 6.45) is 1.96. The van der Waals surface area contributed by atoms with Crippen molar-refractivity contribution in [3.05, 3.63) is 16.1 Å². The second kappa shape index (κ2) is 5.87. The van der Waals surface area contributed by atoms with Gasteiger partial charge in [0.05, 0.1) is 5.01 Å². The van der Waals surface area contributed by atoms with Crippen LogP contribution in [0.2, 0.25) is 0 Å². The smallest absolute Gasteiger partial charge is 0.0897 e. The van der Waals surface area contributed by atoms with Crippen LogP contribution >= 0.6 is 23.1 Å². The third-order valence-electron chi connectivity index (χ3n) is 1.78. The summed E-state index contributed by atoms with van der Waals surface area (Å²) < 4.78 is 0.378. The minimum absolute atomic E-state index is 0.378. The summed E-state index contributed by atoms with van der Waals surface area (Å²) in [4.78, 5) is 5.56. The van der Waals surface area contributed by atoms with E-state index in [1.54, 1.807) is 11.3 Å². The third kappa shape index (κ3) is 6.17. The van der Waals surface area contributed by atoms with Gasteiger partial charge in [-0.05, 0) is 6.92 Å². The molecule has 0 saturated carbocycles. The summed E-state index contributed by atoms with van der Waals surface area (Å²) in [6, 6.07) is 0. The van der Waals surface area contributed by atoms with E-state index in [4.69, 9.17) is 0 Å². The van der Waals surface area contributed by atoms with Crippen molar-refractivity contribution in [2.24, 2.45) is 0 Å². The van der Waals surface area contributed by atoms with E-state index in [1.807, 2.05) is 24.9 Å². The maximum atomic E-state index is 4.23. The minimum atomic E-state index is 0.378. The maximum Gasteiger partial charge on any atom is 0.0897 e. The third-order valence-corrected chi connectivity index (χ3v) is 3.97. The molecule has 0 aliphatic carbocycles. The first-order valence-electron chi connectivity index (χ1n) is 5.23. The largest absolute Gasteiger partial charge is 0.311 e. The average molecular weight is 244 g/mol. The summed E-state index contributed by atoms with van der Waals surface area (Å²) in [5.41, 5.74) is 0. The molecular weight excluding hydrogens is 224 g/mol. The first kappa shape index (κ1) is 13.0. The second-order valence-corrected chi connectivity index (χ2v) is 7.72. The lowest BCUT2D eigenvalue weighted by Gasteiger charge is -2.17. The number of thiazole rings is 1. The van der Waals surface area contributed by atoms with E-state index in [0.29, 0.717) is 4.75 Å². The van der Waals surface area contributed by atoms with E-state index < -0.39 is 0 Å². The SMILES string of the molecule is Cc1ncc(CNCCSC(C)(C)C)s1. The highest BCUT2D eigenvalue weighted by Crippen LogP contribution is 2.22. The van der Waals surface area contributed by atoms with Crippen LogP contribution < -0.4 is 5.32 Å². The first-order valence-corrected chi connectivity index (χ1v) is 7.03. The second-order valence-electron chi connectivity index (χ2n) is 4.48. The first-order chi connectivity index (χ1) is 6.97. The molecule has 2 nitrogen and oxygen atoms in total. The molecule has 0 aliphatic rings. The Kier molecular flexibility index (Phi) is 5.09. The van der Waals surface area contributed by atoms with Gasteiger partial charge < -0.3 is 5.32 Å². The molecule has 0 unspecified atom stereocenters. The van der Waals surface area contributed by atoms with Crippen molar-refractivity contribution in [1.82, 2.24) is 10.3 Å². The van der Waals surface area contributed by atoms with Gasteiger partial charge in [-0.15, -0.1) is 11.3 Å². The van der Waals surface area contributed by atoms with Crippen LogP contribution in [0.4, 0.5) is 0 Å². The number of hydrogen-bond acceptors (Lipinski definition) is 4. The Labute approximate surface area is 101 Å². The predicted octanol–water partition coefficient (Wildman–Crippen LogP) is 3.07. The van der Waals surface area contributed by atoms with Gasteiger partial charge >= 0.3 is 0 Å². The number of aromatic nitrogens is 1. The molecule has 0 bridgehead atoms. The lowest BCUT2D eigenvalue weighted by molar-refractivity contribution is 0.732. The van der Waals surface area contributed by atoms with E-state index in [9.17, 15) is 0 Å². The number of thioether (sulfide) groups is 1. The number of nitrogens with one attached hydrogen (secondary N) is 1. The number of hydrogen-bond donors (Lipinski definition) is 1. The normalized spacial score (nSPS) is 12.0. The van der Waals surface area contributed by atoms with Gasteiger partial charge in [0, 0.05) is 34.7 Å². The maximum absolute atomic E-state index is 4.23. The van der Waals surface area contributed by atoms with Crippen molar-refractivity contribution in [3.8, 4) is 0 Å². The van der Waals surface area contributed by atoms with Crippen LogP contribution in [-0.4, -0.2) is 22.0 Å². The van der Waals surface area contributed by atoms with Gasteiger partial charge in [0.1, 0.15) is 0 Å². The summed E-state index contributed by atoms with van der Waals surface area (Å²) in [7, 11) is 0. The zero-order valence-corrected chi connectivity index (χ0v) is 11.6. The monoisotopic (exact) mass is 244 g/mol. The van der Waals surface area contributed by atoms with Crippen LogP contribution in [0.1, 0.15) is 30.7 Å². The fourth-order valence-corrected chi connectivity index (χ4v) is 2.75. The zero-order chi connectivity index (χ0) is 11.3. The molecular formula is C11H20N2S2. The molecule has 15 heavy (non-hydrogen) atoms. The topological polar surface area (TPSA) is 24.9 Å². The predicted molar refractivity (Wildman–Crippen MR) is 70.8 cm³/mol. The molecule has 0 atom stereocenters. The van der Waals surface area contributed by atoms with E-state index in [-0.39, 0.29) is 0 Å². The van der Waals surface area contributed by atoms with Gasteiger partial charge in [-0.25, -0.2) is 4.98 Å². The Morgan fingerprint density at radius 3 is 2.73 bits per heavy atom. The highest BCUT2D eigenvalue weighted by atomic mass is 32.2. The standard InChI is InChI=1S/C11H20N2S2/c1-9-13-8-10(15-9)7-12-5-6-14-11(2,3)4/h8,12H,5-7H2,1-4H3. The van der Waals surface area contributed by atoms with Gasteiger partial charge in [0.2, 0.25) is 0 Å². The van der Waals surface area contributed by atoms with Gasteiger partial charge in [0.25, 0.3) is 0 Å². The molecule has 0 aromatic carbocycles. The van der Waals surface area contributed by atoms with Crippen molar-refractivity contribution >= 4 is 23.1 Å². The van der Waals surface area contributed by atoms with Crippen LogP contribution in [-0.2, 0) is 6.54 Å². The highest BCUT2D eigenvalue weighted by molar-refractivity contribution is 8.00. The Morgan fingerprint density at radius 2 is 2.20 bits per heavy atom. The molecule has 0 radical (unpaired) electrons. The molecule has 0 spiro atoms. The summed E-state index contributed by atoms with van der Waals surface area (Å²) in [6.45, 7) is 10.8. The summed E-state index contributed by atoms with van der Waals surface area (Å²) in [5.74, 6) is 1.17. The molecule has 4 heteroatoms. The van der Waals surface area contributed by atoms with E-state index in [0.717, 1.165) is 18.1 Å². The van der Waals surface area contributed by atoms with Gasteiger partial charge in [0.15, 0.2) is 0 Å². The molecule has 1 heterocycles. The van der Waals surface area contributed by atoms with Crippen molar-refractivity contribution in [2.75, 3.05) is 12.3 Å². The zero-order valence-electron chi connectivity index (χ0n) is 9.96. The fourth-order valence-electron chi connectivity index (χ4n) is 1.13. The molecule has 1 aromatic rings. The number of aryl methyl sites for hydroxylation is 1. The summed E-state index contributed by atoms with van der Waals surface area (Å²) >= 11 is 3.77. The van der Waals surface area contributed by atoms with Crippen molar-refractivity contribution in [3.63, 3.8) is 0 Å². The number of nitrogens with zero attached hydrogens (tertiary/aromatic N) is 1. The Bertz CT molecular complexity index is 289. The molecule has 1 aromatic heterocycles. The molecule has 0 fully saturated rings. The highest BCUT2D eigenvalue weighted by Gasteiger charge is 2.09. The molecule has 1 N–H and O–H groups in total. The minimum Gasteiger partial charge on any atom is -0.311 e. The number of rotatable bonds is 5. The summed E-state index contributed by atoms with van der Waals surface area (Å²) in [5, 5.41) is 4.59. The van der Waals surface area contributed by atoms with Crippen LogP contribution in [0.5, 0.6) is 0 Å². The molecule has 86 valence electrons. The van der Waals surface area contributed by atoms with Crippen LogP contribution in [0.25, 0.3) is 0 Å². The fraction of sp³-hybridized carbons (Fsp3) is 0.727. The van der Waals surface area contributed by atoms with Gasteiger partial charge in [-0.1, -0.05) is 20.8 Å².